The number of nitrogen functional groups attached to an aromatic ring is 1. The van der Waals surface area contributed by atoms with Crippen LogP contribution in [-0.4, -0.2) is 16.2 Å². The van der Waals surface area contributed by atoms with E-state index in [2.05, 4.69) is 39.7 Å². The van der Waals surface area contributed by atoms with Crippen LogP contribution in [0.2, 0.25) is 0 Å². The maximum Gasteiger partial charge on any atom is 0.318 e. The van der Waals surface area contributed by atoms with E-state index in [1.807, 2.05) is 30.3 Å². The summed E-state index contributed by atoms with van der Waals surface area (Å²) < 4.78 is 10.6. The highest BCUT2D eigenvalue weighted by Crippen LogP contribution is 2.41. The van der Waals surface area contributed by atoms with Gasteiger partial charge in [0, 0.05) is 12.0 Å². The van der Waals surface area contributed by atoms with Crippen LogP contribution in [0, 0.1) is 0 Å². The Kier molecular flexibility index (Phi) is 4.35. The lowest BCUT2D eigenvalue weighted by Gasteiger charge is -2.07. The van der Waals surface area contributed by atoms with Gasteiger partial charge in [0.2, 0.25) is 0 Å². The Morgan fingerprint density at radius 1 is 1.12 bits per heavy atom. The molecule has 6 nitrogen and oxygen atoms in total. The average Bonchev–Trinajstić information content (AvgIpc) is 3.32. The minimum absolute atomic E-state index is 0.107. The van der Waals surface area contributed by atoms with Crippen molar-refractivity contribution in [3.05, 3.63) is 71.5 Å². The topological polar surface area (TPSA) is 86.2 Å². The predicted octanol–water partition coefficient (Wildman–Crippen LogP) is 2.88. The van der Waals surface area contributed by atoms with Crippen LogP contribution in [0.15, 0.2) is 59.1 Å². The molecule has 0 radical (unpaired) electrons. The van der Waals surface area contributed by atoms with Gasteiger partial charge in [-0.05, 0) is 29.7 Å². The molecule has 2 atom stereocenters. The molecule has 0 aliphatic heterocycles. The first kappa shape index (κ1) is 15.7. The van der Waals surface area contributed by atoms with E-state index in [-0.39, 0.29) is 6.01 Å². The van der Waals surface area contributed by atoms with Gasteiger partial charge in [0.05, 0.1) is 6.54 Å². The van der Waals surface area contributed by atoms with E-state index in [0.717, 1.165) is 12.2 Å². The molecule has 1 saturated carbocycles. The van der Waals surface area contributed by atoms with Crippen LogP contribution in [0.3, 0.4) is 0 Å². The summed E-state index contributed by atoms with van der Waals surface area (Å²) in [6.07, 6.45) is 1.11. The number of nitrogens with two attached hydrogens (primary N) is 1. The minimum Gasteiger partial charge on any atom is -0.489 e. The molecule has 1 heterocycles. The van der Waals surface area contributed by atoms with Crippen molar-refractivity contribution in [2.45, 2.75) is 31.5 Å². The highest BCUT2D eigenvalue weighted by atomic mass is 16.5. The lowest BCUT2D eigenvalue weighted by molar-refractivity contribution is 0.306. The Morgan fingerprint density at radius 2 is 1.92 bits per heavy atom. The smallest absolute Gasteiger partial charge is 0.318 e. The normalized spacial score (nSPS) is 18.9. The molecule has 1 aromatic heterocycles. The van der Waals surface area contributed by atoms with Crippen molar-refractivity contribution in [2.24, 2.45) is 0 Å². The Morgan fingerprint density at radius 3 is 2.64 bits per heavy atom. The predicted molar refractivity (Wildman–Crippen MR) is 93.9 cm³/mol. The monoisotopic (exact) mass is 336 g/mol. The van der Waals surface area contributed by atoms with E-state index < -0.39 is 0 Å². The summed E-state index contributed by atoms with van der Waals surface area (Å²) in [7, 11) is 0. The maximum atomic E-state index is 5.83. The summed E-state index contributed by atoms with van der Waals surface area (Å²) in [5, 5.41) is 7.20. The number of hydrogen-bond donors (Lipinski definition) is 2. The Bertz CT molecular complexity index is 817. The van der Waals surface area contributed by atoms with Gasteiger partial charge >= 0.3 is 6.01 Å². The summed E-state index contributed by atoms with van der Waals surface area (Å²) in [6, 6.07) is 19.1. The van der Waals surface area contributed by atoms with Gasteiger partial charge in [-0.25, -0.2) is 0 Å². The third-order valence-corrected chi connectivity index (χ3v) is 4.35. The van der Waals surface area contributed by atoms with Gasteiger partial charge in [0.1, 0.15) is 12.4 Å². The Hall–Kier alpha value is -2.86. The summed E-state index contributed by atoms with van der Waals surface area (Å²) in [5.74, 6) is 2.00. The zero-order valence-corrected chi connectivity index (χ0v) is 13.8. The van der Waals surface area contributed by atoms with E-state index in [9.17, 15) is 0 Å². The van der Waals surface area contributed by atoms with Gasteiger partial charge in [0.25, 0.3) is 0 Å². The number of aromatic nitrogens is 2. The second kappa shape index (κ2) is 6.94. The summed E-state index contributed by atoms with van der Waals surface area (Å²) in [6.45, 7) is 1.15. The second-order valence-electron chi connectivity index (χ2n) is 6.22. The zero-order valence-electron chi connectivity index (χ0n) is 13.8. The third-order valence-electron chi connectivity index (χ3n) is 4.35. The van der Waals surface area contributed by atoms with Crippen LogP contribution in [0.1, 0.15) is 29.3 Å². The van der Waals surface area contributed by atoms with Gasteiger partial charge in [-0.2, -0.15) is 4.98 Å². The number of hydrogen-bond acceptors (Lipinski definition) is 6. The molecule has 0 spiro atoms. The number of ether oxygens (including phenoxy) is 1. The van der Waals surface area contributed by atoms with E-state index in [1.54, 1.807) is 0 Å². The fourth-order valence-electron chi connectivity index (χ4n) is 2.90. The summed E-state index contributed by atoms with van der Waals surface area (Å²) >= 11 is 0. The first-order valence-corrected chi connectivity index (χ1v) is 8.36. The fraction of sp³-hybridized carbons (Fsp3) is 0.263. The van der Waals surface area contributed by atoms with Crippen molar-refractivity contribution in [1.29, 1.82) is 0 Å². The van der Waals surface area contributed by atoms with Gasteiger partial charge in [-0.15, -0.1) is 0 Å². The van der Waals surface area contributed by atoms with Crippen molar-refractivity contribution in [3.8, 4) is 5.75 Å². The molecule has 4 rings (SSSR count). The molecule has 1 aliphatic carbocycles. The molecule has 128 valence electrons. The van der Waals surface area contributed by atoms with Crippen LogP contribution in [0.5, 0.6) is 5.75 Å². The summed E-state index contributed by atoms with van der Waals surface area (Å²) in [5.41, 5.74) is 7.90. The van der Waals surface area contributed by atoms with Crippen molar-refractivity contribution in [2.75, 3.05) is 5.73 Å². The third kappa shape index (κ3) is 3.97. The van der Waals surface area contributed by atoms with Crippen molar-refractivity contribution in [3.63, 3.8) is 0 Å². The molecular weight excluding hydrogens is 316 g/mol. The zero-order chi connectivity index (χ0) is 17.1. The molecule has 25 heavy (non-hydrogen) atoms. The van der Waals surface area contributed by atoms with Crippen molar-refractivity contribution < 1.29 is 9.26 Å². The van der Waals surface area contributed by atoms with Crippen LogP contribution in [0.25, 0.3) is 0 Å². The highest BCUT2D eigenvalue weighted by Gasteiger charge is 2.37. The summed E-state index contributed by atoms with van der Waals surface area (Å²) in [4.78, 5) is 3.99. The van der Waals surface area contributed by atoms with E-state index >= 15 is 0 Å². The number of benzene rings is 2. The van der Waals surface area contributed by atoms with Gasteiger partial charge < -0.3 is 20.3 Å². The fourth-order valence-corrected chi connectivity index (χ4v) is 2.90. The molecule has 2 aromatic carbocycles. The van der Waals surface area contributed by atoms with Gasteiger partial charge in [0.15, 0.2) is 5.82 Å². The number of nitrogens with zero attached hydrogens (tertiary/aromatic N) is 2. The van der Waals surface area contributed by atoms with E-state index in [1.165, 1.54) is 11.1 Å². The molecule has 6 heteroatoms. The molecule has 3 N–H and O–H groups in total. The molecule has 1 aliphatic rings. The van der Waals surface area contributed by atoms with E-state index in [0.29, 0.717) is 30.9 Å². The van der Waals surface area contributed by atoms with E-state index in [4.69, 9.17) is 15.0 Å². The number of nitrogens with one attached hydrogen (secondary N) is 1. The number of anilines is 1. The van der Waals surface area contributed by atoms with Gasteiger partial charge in [-0.1, -0.05) is 47.6 Å². The molecule has 0 bridgehead atoms. The molecule has 0 amide bonds. The molecule has 0 unspecified atom stereocenters. The molecule has 1 fully saturated rings. The van der Waals surface area contributed by atoms with Crippen molar-refractivity contribution in [1.82, 2.24) is 15.5 Å². The largest absolute Gasteiger partial charge is 0.489 e. The van der Waals surface area contributed by atoms with Gasteiger partial charge in [-0.3, -0.25) is 0 Å². The highest BCUT2D eigenvalue weighted by molar-refractivity contribution is 5.34. The average molecular weight is 336 g/mol. The SMILES string of the molecule is Nc1nc(CN[C@@H]2C[C@H]2c2ccc(OCc3ccccc3)cc2)no1. The molecule has 3 aromatic rings. The first-order chi connectivity index (χ1) is 12.3. The maximum absolute atomic E-state index is 5.83. The Labute approximate surface area is 146 Å². The number of rotatable bonds is 7. The standard InChI is InChI=1S/C19H20N4O2/c20-19-22-18(23-25-19)11-21-17-10-16(17)14-6-8-15(9-7-14)24-12-13-4-2-1-3-5-13/h1-9,16-17,21H,10-12H2,(H2,20,22,23)/t16-,17+/m0/s1. The lowest BCUT2D eigenvalue weighted by Crippen LogP contribution is -2.18. The van der Waals surface area contributed by atoms with Crippen LogP contribution in [0.4, 0.5) is 6.01 Å². The molecular formula is C19H20N4O2. The lowest BCUT2D eigenvalue weighted by atomic mass is 10.1. The van der Waals surface area contributed by atoms with Crippen LogP contribution in [-0.2, 0) is 13.2 Å². The van der Waals surface area contributed by atoms with Crippen LogP contribution >= 0.6 is 0 Å². The van der Waals surface area contributed by atoms with Crippen LogP contribution < -0.4 is 15.8 Å². The first-order valence-electron chi connectivity index (χ1n) is 8.36. The van der Waals surface area contributed by atoms with Crippen molar-refractivity contribution >= 4 is 6.01 Å². The molecule has 0 saturated heterocycles. The second-order valence-corrected chi connectivity index (χ2v) is 6.22. The Balaban J connectivity index is 1.26. The minimum atomic E-state index is 0.107. The quantitative estimate of drug-likeness (QED) is 0.690.